The summed E-state index contributed by atoms with van der Waals surface area (Å²) in [7, 11) is 0. The Kier molecular flexibility index (Phi) is 7.92. The molecule has 0 bridgehead atoms. The number of carboxylic acids is 2. The van der Waals surface area contributed by atoms with E-state index in [2.05, 4.69) is 28.4 Å². The third-order valence-electron chi connectivity index (χ3n) is 5.01. The van der Waals surface area contributed by atoms with Crippen molar-refractivity contribution in [1.29, 1.82) is 0 Å². The molecule has 0 atom stereocenters. The number of rotatable bonds is 4. The fourth-order valence-corrected chi connectivity index (χ4v) is 3.81. The van der Waals surface area contributed by atoms with Gasteiger partial charge in [0.25, 0.3) is 0 Å². The van der Waals surface area contributed by atoms with Gasteiger partial charge in [-0.15, -0.1) is 0 Å². The Morgan fingerprint density at radius 1 is 1.06 bits per heavy atom. The van der Waals surface area contributed by atoms with E-state index in [1.165, 1.54) is 22.4 Å². The van der Waals surface area contributed by atoms with Crippen LogP contribution >= 0.6 is 11.6 Å². The van der Waals surface area contributed by atoms with Crippen molar-refractivity contribution in [2.45, 2.75) is 19.4 Å². The molecule has 4 rings (SSSR count). The van der Waals surface area contributed by atoms with Crippen LogP contribution < -0.4 is 15.0 Å². The molecule has 2 heterocycles. The molecular formula is C23H25ClN2O5. The molecule has 0 aliphatic carbocycles. The van der Waals surface area contributed by atoms with E-state index in [1.807, 2.05) is 18.2 Å². The van der Waals surface area contributed by atoms with Crippen molar-refractivity contribution in [1.82, 2.24) is 5.32 Å². The SMILES string of the molecule is Clc1cccc(CN2CCOc3cc4c(cc32)CCNCC4)c1.O=C(O)/C=C/C(=O)O. The van der Waals surface area contributed by atoms with Crippen LogP contribution in [0.2, 0.25) is 5.02 Å². The van der Waals surface area contributed by atoms with Gasteiger partial charge >= 0.3 is 11.9 Å². The number of carbonyl (C=O) groups is 2. The molecule has 2 aromatic carbocycles. The third kappa shape index (κ3) is 6.73. The van der Waals surface area contributed by atoms with Gasteiger partial charge in [0.2, 0.25) is 0 Å². The molecule has 7 nitrogen and oxygen atoms in total. The highest BCUT2D eigenvalue weighted by atomic mass is 35.5. The summed E-state index contributed by atoms with van der Waals surface area (Å²) in [4.78, 5) is 21.5. The summed E-state index contributed by atoms with van der Waals surface area (Å²) in [6.07, 6.45) is 3.29. The van der Waals surface area contributed by atoms with Crippen LogP contribution in [-0.2, 0) is 29.0 Å². The van der Waals surface area contributed by atoms with E-state index in [9.17, 15) is 9.59 Å². The minimum atomic E-state index is -1.26. The van der Waals surface area contributed by atoms with Gasteiger partial charge in [0.1, 0.15) is 12.4 Å². The fraction of sp³-hybridized carbons (Fsp3) is 0.304. The second-order valence-electron chi connectivity index (χ2n) is 7.25. The molecule has 2 aromatic rings. The van der Waals surface area contributed by atoms with Crippen LogP contribution in [0.4, 0.5) is 5.69 Å². The number of anilines is 1. The number of halogens is 1. The maximum absolute atomic E-state index is 9.55. The quantitative estimate of drug-likeness (QED) is 0.623. The van der Waals surface area contributed by atoms with Gasteiger partial charge in [-0.1, -0.05) is 23.7 Å². The molecule has 0 saturated carbocycles. The normalized spacial score (nSPS) is 15.1. The van der Waals surface area contributed by atoms with Crippen LogP contribution in [-0.4, -0.2) is 48.4 Å². The average molecular weight is 445 g/mol. The van der Waals surface area contributed by atoms with Gasteiger partial charge in [-0.25, -0.2) is 9.59 Å². The lowest BCUT2D eigenvalue weighted by Gasteiger charge is -2.32. The van der Waals surface area contributed by atoms with E-state index in [0.717, 1.165) is 56.4 Å². The molecule has 0 radical (unpaired) electrons. The van der Waals surface area contributed by atoms with Gasteiger partial charge in [0.15, 0.2) is 0 Å². The first kappa shape index (κ1) is 22.7. The van der Waals surface area contributed by atoms with Crippen LogP contribution in [0.15, 0.2) is 48.6 Å². The Balaban J connectivity index is 0.000000293. The first-order valence-corrected chi connectivity index (χ1v) is 10.4. The zero-order chi connectivity index (χ0) is 22.2. The molecule has 0 unspecified atom stereocenters. The molecule has 0 spiro atoms. The van der Waals surface area contributed by atoms with Crippen molar-refractivity contribution >= 4 is 29.2 Å². The number of benzene rings is 2. The molecule has 0 aromatic heterocycles. The predicted molar refractivity (Wildman–Crippen MR) is 119 cm³/mol. The number of nitrogens with zero attached hydrogens (tertiary/aromatic N) is 1. The number of aliphatic carboxylic acids is 2. The van der Waals surface area contributed by atoms with E-state index >= 15 is 0 Å². The van der Waals surface area contributed by atoms with Gasteiger partial charge in [-0.05, 0) is 66.9 Å². The molecule has 0 amide bonds. The summed E-state index contributed by atoms with van der Waals surface area (Å²) in [5, 5.41) is 19.9. The van der Waals surface area contributed by atoms with Gasteiger partial charge in [0, 0.05) is 23.7 Å². The van der Waals surface area contributed by atoms with Gasteiger partial charge in [0.05, 0.1) is 12.2 Å². The molecule has 3 N–H and O–H groups in total. The Labute approximate surface area is 185 Å². The number of fused-ring (bicyclic) bond motifs is 2. The molecule has 2 aliphatic heterocycles. The number of hydrogen-bond acceptors (Lipinski definition) is 5. The van der Waals surface area contributed by atoms with Crippen LogP contribution in [0.25, 0.3) is 0 Å². The number of hydrogen-bond donors (Lipinski definition) is 3. The van der Waals surface area contributed by atoms with Crippen LogP contribution in [0.1, 0.15) is 16.7 Å². The monoisotopic (exact) mass is 444 g/mol. The summed E-state index contributed by atoms with van der Waals surface area (Å²) in [6, 6.07) is 12.7. The minimum Gasteiger partial charge on any atom is -0.490 e. The molecule has 0 fully saturated rings. The summed E-state index contributed by atoms with van der Waals surface area (Å²) < 4.78 is 5.93. The maximum Gasteiger partial charge on any atom is 0.328 e. The minimum absolute atomic E-state index is 0.558. The van der Waals surface area contributed by atoms with Crippen molar-refractivity contribution < 1.29 is 24.5 Å². The third-order valence-corrected chi connectivity index (χ3v) is 5.25. The van der Waals surface area contributed by atoms with Crippen molar-refractivity contribution in [3.05, 3.63) is 70.3 Å². The van der Waals surface area contributed by atoms with Crippen LogP contribution in [0.5, 0.6) is 5.75 Å². The van der Waals surface area contributed by atoms with E-state index in [-0.39, 0.29) is 0 Å². The summed E-state index contributed by atoms with van der Waals surface area (Å²) in [5.41, 5.74) is 5.34. The molecular weight excluding hydrogens is 420 g/mol. The molecule has 2 aliphatic rings. The molecule has 8 heteroatoms. The van der Waals surface area contributed by atoms with Gasteiger partial charge in [-0.3, -0.25) is 0 Å². The van der Waals surface area contributed by atoms with E-state index in [4.69, 9.17) is 26.6 Å². The lowest BCUT2D eigenvalue weighted by Crippen LogP contribution is -2.32. The van der Waals surface area contributed by atoms with E-state index in [0.29, 0.717) is 12.2 Å². The average Bonchev–Trinajstić information content (AvgIpc) is 2.96. The topological polar surface area (TPSA) is 99.1 Å². The number of nitrogens with one attached hydrogen (secondary N) is 1. The largest absolute Gasteiger partial charge is 0.490 e. The lowest BCUT2D eigenvalue weighted by molar-refractivity contribution is -0.134. The highest BCUT2D eigenvalue weighted by molar-refractivity contribution is 6.30. The maximum atomic E-state index is 9.55. The van der Waals surface area contributed by atoms with Crippen molar-refractivity contribution in [3.63, 3.8) is 0 Å². The Hall–Kier alpha value is -3.03. The lowest BCUT2D eigenvalue weighted by atomic mass is 10.00. The highest BCUT2D eigenvalue weighted by Gasteiger charge is 2.21. The first-order chi connectivity index (χ1) is 14.9. The summed E-state index contributed by atoms with van der Waals surface area (Å²) >= 11 is 6.13. The Bertz CT molecular complexity index is 960. The molecule has 0 saturated heterocycles. The Morgan fingerprint density at radius 2 is 1.74 bits per heavy atom. The zero-order valence-corrected chi connectivity index (χ0v) is 17.8. The van der Waals surface area contributed by atoms with Crippen LogP contribution in [0, 0.1) is 0 Å². The highest BCUT2D eigenvalue weighted by Crippen LogP contribution is 2.36. The van der Waals surface area contributed by atoms with E-state index in [1.54, 1.807) is 0 Å². The van der Waals surface area contributed by atoms with Gasteiger partial charge in [-0.2, -0.15) is 0 Å². The molecule has 31 heavy (non-hydrogen) atoms. The zero-order valence-electron chi connectivity index (χ0n) is 17.0. The number of carboxylic acid groups (broad SMARTS) is 2. The van der Waals surface area contributed by atoms with Crippen molar-refractivity contribution in [2.24, 2.45) is 0 Å². The van der Waals surface area contributed by atoms with Crippen molar-refractivity contribution in [2.75, 3.05) is 31.1 Å². The van der Waals surface area contributed by atoms with Crippen molar-refractivity contribution in [3.8, 4) is 5.75 Å². The second kappa shape index (κ2) is 10.8. The smallest absolute Gasteiger partial charge is 0.328 e. The Morgan fingerprint density at radius 3 is 2.39 bits per heavy atom. The standard InChI is InChI=1S/C19H21ClN2O.C4H4O4/c20-17-3-1-2-14(10-17)13-22-8-9-23-19-12-16-5-7-21-6-4-15(16)11-18(19)22;5-3(6)1-2-4(7)8/h1-3,10-12,21H,4-9,13H2;1-2H,(H,5,6)(H,7,8)/b;2-1+. The fourth-order valence-electron chi connectivity index (χ4n) is 3.60. The number of ether oxygens (including phenoxy) is 1. The predicted octanol–water partition coefficient (Wildman–Crippen LogP) is 3.14. The second-order valence-corrected chi connectivity index (χ2v) is 7.68. The molecule has 164 valence electrons. The summed E-state index contributed by atoms with van der Waals surface area (Å²) in [5.74, 6) is -1.49. The first-order valence-electron chi connectivity index (χ1n) is 10.0. The summed E-state index contributed by atoms with van der Waals surface area (Å²) in [6.45, 7) is 4.63. The van der Waals surface area contributed by atoms with Gasteiger partial charge < -0.3 is 25.2 Å². The van der Waals surface area contributed by atoms with Crippen LogP contribution in [0.3, 0.4) is 0 Å². The van der Waals surface area contributed by atoms with E-state index < -0.39 is 11.9 Å².